The van der Waals surface area contributed by atoms with Crippen LogP contribution in [0.15, 0.2) is 72.8 Å². The van der Waals surface area contributed by atoms with Crippen molar-refractivity contribution >= 4 is 42.9 Å². The van der Waals surface area contributed by atoms with Crippen LogP contribution in [0.2, 0.25) is 0 Å². The van der Waals surface area contributed by atoms with Crippen molar-refractivity contribution in [3.63, 3.8) is 0 Å². The first-order valence-electron chi connectivity index (χ1n) is 17.2. The molecule has 5 nitrogen and oxygen atoms in total. The Balaban J connectivity index is 0.000000209. The molecule has 9 heteroatoms. The summed E-state index contributed by atoms with van der Waals surface area (Å²) in [7, 11) is 4.01. The van der Waals surface area contributed by atoms with Gasteiger partial charge in [0.15, 0.2) is 0 Å². The summed E-state index contributed by atoms with van der Waals surface area (Å²) in [4.78, 5) is 16.7. The fourth-order valence-corrected chi connectivity index (χ4v) is 12.2. The van der Waals surface area contributed by atoms with E-state index in [1.807, 2.05) is 29.2 Å². The van der Waals surface area contributed by atoms with E-state index in [2.05, 4.69) is 54.6 Å². The molecule has 3 aromatic rings. The van der Waals surface area contributed by atoms with E-state index >= 15 is 0 Å². The first-order valence-corrected chi connectivity index (χ1v) is 19.5. The van der Waals surface area contributed by atoms with Crippen LogP contribution < -0.4 is 19.7 Å². The van der Waals surface area contributed by atoms with Crippen LogP contribution in [0.25, 0.3) is 0 Å². The van der Waals surface area contributed by atoms with E-state index in [4.69, 9.17) is 4.18 Å². The van der Waals surface area contributed by atoms with Gasteiger partial charge in [0, 0.05) is 69.1 Å². The average molecular weight is 861 g/mol. The molecule has 1 amide bonds. The van der Waals surface area contributed by atoms with Crippen molar-refractivity contribution in [2.75, 3.05) is 37.4 Å². The van der Waals surface area contributed by atoms with Gasteiger partial charge in [-0.2, -0.15) is 30.3 Å². The number of likely N-dealkylation sites (tertiary alicyclic amines) is 1. The molecule has 2 saturated carbocycles. The number of piperidine rings is 1. The largest absolute Gasteiger partial charge is 0.434 e. The molecule has 2 aliphatic carbocycles. The molecular weight excluding hydrogens is 809 g/mol. The van der Waals surface area contributed by atoms with Crippen LogP contribution in [0.4, 0.5) is 15.3 Å². The molecule has 1 heterocycles. The molecule has 0 bridgehead atoms. The topological polar surface area (TPSA) is 44.8 Å². The Morgan fingerprint density at radius 3 is 2.15 bits per heavy atom. The molecule has 0 aromatic heterocycles. The standard InChI is InChI=1S/C20H32NP.C18H18FN2O2S.Au/c1-21(2)19-15-9-10-16-20(19)22(17-11-5-3-6-12-17)18-13-7-4-8-14-18;19-24-23-17-8-4-5-14(13-17)18(22)21-11-9-16(10-12-21)20-15-6-2-1-3-7-15;/h9-10,15-18H,3-8,11-14H2,1-2H3;1-2,4-8,13,16,20H,9-12H2;/q;-1;/p+1. The zero-order chi connectivity index (χ0) is 32.1. The molecule has 6 rings (SSSR count). The fourth-order valence-electron chi connectivity index (χ4n) is 7.55. The van der Waals surface area contributed by atoms with Crippen molar-refractivity contribution in [3.05, 3.63) is 84.4 Å². The van der Waals surface area contributed by atoms with Crippen LogP contribution >= 0.6 is 20.4 Å². The summed E-state index contributed by atoms with van der Waals surface area (Å²) in [6.07, 6.45) is 16.7. The maximum Gasteiger partial charge on any atom is 0.272 e. The minimum Gasteiger partial charge on any atom is -0.434 e. The summed E-state index contributed by atoms with van der Waals surface area (Å²) in [5, 5.41) is 5.22. The molecule has 1 saturated heterocycles. The fraction of sp³-hybridized carbons (Fsp3) is 0.500. The minimum absolute atomic E-state index is 0. The minimum atomic E-state index is -0.439. The smallest absolute Gasteiger partial charge is 0.272 e. The third kappa shape index (κ3) is 11.0. The van der Waals surface area contributed by atoms with Gasteiger partial charge in [0.05, 0.1) is 17.0 Å². The van der Waals surface area contributed by atoms with Gasteiger partial charge in [-0.15, -0.1) is 3.89 Å². The summed E-state index contributed by atoms with van der Waals surface area (Å²) in [5.74, 6) is 0.293. The number of benzene rings is 3. The van der Waals surface area contributed by atoms with Gasteiger partial charge < -0.3 is 19.3 Å². The van der Waals surface area contributed by atoms with E-state index < -0.39 is 7.92 Å². The third-order valence-electron chi connectivity index (χ3n) is 9.86. The van der Waals surface area contributed by atoms with Gasteiger partial charge in [0.25, 0.3) is 18.3 Å². The second kappa shape index (κ2) is 19.8. The van der Waals surface area contributed by atoms with Crippen LogP contribution in [0.5, 0.6) is 5.75 Å². The van der Waals surface area contributed by atoms with Crippen molar-refractivity contribution in [1.29, 1.82) is 0 Å². The molecule has 3 aliphatic rings. The molecule has 3 fully saturated rings. The molecule has 47 heavy (non-hydrogen) atoms. The molecule has 0 spiro atoms. The SMILES string of the molecule is CN(C)c1ccccc1[PH+](C1CCCCC1)C1CCCCC1.O=C(c1cccc(OSF)c1)N1CCC(Nc2c[c-]ccc2)CC1.[Au]. The Kier molecular flexibility index (Phi) is 16.0. The number of nitrogens with zero attached hydrogens (tertiary/aromatic N) is 2. The molecule has 0 atom stereocenters. The van der Waals surface area contributed by atoms with Crippen LogP contribution in [-0.4, -0.2) is 55.4 Å². The van der Waals surface area contributed by atoms with Gasteiger partial charge in [-0.1, -0.05) is 36.7 Å². The predicted octanol–water partition coefficient (Wildman–Crippen LogP) is 9.37. The first-order chi connectivity index (χ1) is 22.5. The van der Waals surface area contributed by atoms with Crippen LogP contribution in [0.1, 0.15) is 87.4 Å². The van der Waals surface area contributed by atoms with E-state index in [-0.39, 0.29) is 40.7 Å². The first kappa shape index (κ1) is 37.8. The number of hydrogen-bond acceptors (Lipinski definition) is 5. The second-order valence-corrected chi connectivity index (χ2v) is 16.6. The number of nitrogens with one attached hydrogen (secondary N) is 1. The van der Waals surface area contributed by atoms with Gasteiger partial charge in [-0.3, -0.25) is 4.79 Å². The van der Waals surface area contributed by atoms with Crippen LogP contribution in [0, 0.1) is 6.07 Å². The summed E-state index contributed by atoms with van der Waals surface area (Å²) in [6, 6.07) is 27.1. The van der Waals surface area contributed by atoms with Gasteiger partial charge >= 0.3 is 0 Å². The van der Waals surface area contributed by atoms with Crippen LogP contribution in [-0.2, 0) is 22.4 Å². The monoisotopic (exact) mass is 860 g/mol. The zero-order valence-corrected chi connectivity index (χ0v) is 31.8. The maximum atomic E-state index is 12.6. The number of para-hydroxylation sites is 1. The van der Waals surface area contributed by atoms with Crippen molar-refractivity contribution < 1.29 is 35.2 Å². The van der Waals surface area contributed by atoms with Gasteiger partial charge in [0.1, 0.15) is 11.1 Å². The number of anilines is 2. The average Bonchev–Trinajstić information content (AvgIpc) is 3.11. The normalized spacial score (nSPS) is 17.7. The Morgan fingerprint density at radius 2 is 1.55 bits per heavy atom. The summed E-state index contributed by atoms with van der Waals surface area (Å²) < 4.78 is 16.9. The van der Waals surface area contributed by atoms with Gasteiger partial charge in [-0.05, 0) is 94.5 Å². The predicted molar refractivity (Wildman–Crippen MR) is 196 cm³/mol. The Labute approximate surface area is 303 Å². The summed E-state index contributed by atoms with van der Waals surface area (Å²) in [6.45, 7) is 1.38. The number of carbonyl (C=O) groups excluding carboxylic acids is 1. The van der Waals surface area contributed by atoms with E-state index in [0.29, 0.717) is 30.4 Å². The van der Waals surface area contributed by atoms with Gasteiger partial charge in [-0.25, -0.2) is 0 Å². The third-order valence-corrected chi connectivity index (χ3v) is 14.1. The molecule has 1 N–H and O–H groups in total. The van der Waals surface area contributed by atoms with E-state index in [1.165, 1.54) is 69.9 Å². The summed E-state index contributed by atoms with van der Waals surface area (Å²) >= 11 is -0.224. The Bertz CT molecular complexity index is 1330. The number of halogens is 1. The van der Waals surface area contributed by atoms with Gasteiger partial charge in [0.2, 0.25) is 0 Å². The molecule has 259 valence electrons. The second-order valence-electron chi connectivity index (χ2n) is 13.2. The number of amides is 1. The molecule has 1 radical (unpaired) electrons. The zero-order valence-electron chi connectivity index (χ0n) is 27.9. The molecule has 0 unspecified atom stereocenters. The quantitative estimate of drug-likeness (QED) is 0.101. The van der Waals surface area contributed by atoms with E-state index in [9.17, 15) is 8.68 Å². The van der Waals surface area contributed by atoms with Crippen LogP contribution in [0.3, 0.4) is 0 Å². The van der Waals surface area contributed by atoms with Crippen molar-refractivity contribution in [2.24, 2.45) is 0 Å². The van der Waals surface area contributed by atoms with E-state index in [0.717, 1.165) is 29.8 Å². The van der Waals surface area contributed by atoms with Crippen molar-refractivity contribution in [1.82, 2.24) is 4.90 Å². The van der Waals surface area contributed by atoms with Crippen molar-refractivity contribution in [3.8, 4) is 5.75 Å². The number of carbonyl (C=O) groups is 1. The Hall–Kier alpha value is -2.02. The molecule has 3 aromatic carbocycles. The molecule has 1 aliphatic heterocycles. The van der Waals surface area contributed by atoms with E-state index in [1.54, 1.807) is 29.6 Å². The maximum absolute atomic E-state index is 12.6. The number of rotatable bonds is 9. The summed E-state index contributed by atoms with van der Waals surface area (Å²) in [5.41, 5.74) is 5.14. The Morgan fingerprint density at radius 1 is 0.894 bits per heavy atom. The number of hydrogen-bond donors (Lipinski definition) is 1. The molecular formula is C38H51AuFN3O2PS. The van der Waals surface area contributed by atoms with Crippen molar-refractivity contribution in [2.45, 2.75) is 94.4 Å².